The van der Waals surface area contributed by atoms with Gasteiger partial charge in [0.1, 0.15) is 89.9 Å². The highest BCUT2D eigenvalue weighted by atomic mass is 33.1. The summed E-state index contributed by atoms with van der Waals surface area (Å²) in [6.07, 6.45) is -2.17. The second kappa shape index (κ2) is 53.0. The van der Waals surface area contributed by atoms with Gasteiger partial charge in [0, 0.05) is 79.3 Å². The summed E-state index contributed by atoms with van der Waals surface area (Å²) in [4.78, 5) is 261. The number of nitrogens with two attached hydrogens (primary N) is 7. The molecule has 746 valence electrons. The lowest BCUT2D eigenvalue weighted by Crippen LogP contribution is -2.65. The van der Waals surface area contributed by atoms with Crippen LogP contribution in [0.15, 0.2) is 91.1 Å². The van der Waals surface area contributed by atoms with Crippen LogP contribution in [0.4, 0.5) is 4.79 Å². The summed E-state index contributed by atoms with van der Waals surface area (Å²) in [5, 5.41) is 52.8. The summed E-state index contributed by atoms with van der Waals surface area (Å²) < 4.78 is 2.51. The van der Waals surface area contributed by atoms with Gasteiger partial charge in [0.25, 0.3) is 0 Å². The number of unbranched alkanes of at least 4 members (excludes halogenated alkanes) is 3. The number of benzene rings is 4. The molecule has 13 atom stereocenters. The van der Waals surface area contributed by atoms with Gasteiger partial charge in [-0.1, -0.05) is 94.4 Å². The Balaban J connectivity index is 1.52. The SMILES string of the molecule is CC(=O)NCCCC[C@H](NC(=O)[C@](C)(CCCCN)NC(=O)[C@H](Cc1ccc2ccccc2c1)NC(=O)[C@H](Cc1ccc(OCCN)cc1)NC(=O)[C@H]1NC(=O)[C@H](CCCNC(N)=O)NC(=O)[C@H](Cc2c[nH]c3c(C)cccc23)NC(=O)[C@H]([C@@H](C)O)NC(=O)[C@H](CC(N)=O)NC(=O)[C@@H](NC(C)=O)C(C)(C)SSC1(C)C)C(=O)N[C@@H](CC(N)=O)C(=O)NC(C)(C)C(=O)N[C@H](CCCCN)C(N)=O. The van der Waals surface area contributed by atoms with Gasteiger partial charge < -0.3 is 135 Å². The molecule has 0 unspecified atom stereocenters. The molecule has 0 radical (unpaired) electrons. The van der Waals surface area contributed by atoms with Gasteiger partial charge in [-0.3, -0.25) is 81.5 Å². The lowest BCUT2D eigenvalue weighted by atomic mass is 9.91. The molecule has 0 saturated carbocycles. The molecule has 31 N–H and O–H groups in total. The predicted octanol–water partition coefficient (Wildman–Crippen LogP) is -2.30. The highest BCUT2D eigenvalue weighted by Gasteiger charge is 2.48. The van der Waals surface area contributed by atoms with E-state index in [1.807, 2.05) is 25.1 Å². The van der Waals surface area contributed by atoms with Gasteiger partial charge in [-0.15, -0.1) is 0 Å². The minimum atomic E-state index is -2.07. The van der Waals surface area contributed by atoms with E-state index >= 15 is 28.8 Å². The molecule has 5 aromatic rings. The Hall–Kier alpha value is -12.7. The van der Waals surface area contributed by atoms with E-state index in [4.69, 9.17) is 44.9 Å². The maximum Gasteiger partial charge on any atom is 0.312 e. The number of aromatic amines is 1. The number of carbonyl (C=O) groups excluding carboxylic acids is 18. The molecular formula is C91H135N23O20S2. The topological polar surface area (TPSA) is 715 Å². The van der Waals surface area contributed by atoms with Crippen molar-refractivity contribution >= 4 is 150 Å². The van der Waals surface area contributed by atoms with Crippen LogP contribution in [0.1, 0.15) is 175 Å². The molecule has 1 aromatic heterocycles. The second-order valence-electron chi connectivity index (χ2n) is 35.6. The van der Waals surface area contributed by atoms with Crippen LogP contribution in [0.25, 0.3) is 21.7 Å². The number of primary amides is 4. The number of amides is 19. The highest BCUT2D eigenvalue weighted by Crippen LogP contribution is 2.47. The number of aliphatic hydroxyl groups excluding tert-OH is 1. The van der Waals surface area contributed by atoms with Crippen LogP contribution in [0.5, 0.6) is 5.75 Å². The molecule has 1 aliphatic heterocycles. The van der Waals surface area contributed by atoms with Crippen molar-refractivity contribution in [3.63, 3.8) is 0 Å². The maximum absolute atomic E-state index is 16.4. The quantitative estimate of drug-likeness (QED) is 0.0144. The van der Waals surface area contributed by atoms with Crippen LogP contribution in [0, 0.1) is 6.92 Å². The summed E-state index contributed by atoms with van der Waals surface area (Å²) in [7, 11) is 1.75. The molecular weight excluding hydrogens is 1800 g/mol. The Morgan fingerprint density at radius 2 is 1.11 bits per heavy atom. The monoisotopic (exact) mass is 1930 g/mol. The Morgan fingerprint density at radius 1 is 0.537 bits per heavy atom. The number of aromatic nitrogens is 1. The van der Waals surface area contributed by atoms with Crippen molar-refractivity contribution in [2.24, 2.45) is 40.1 Å². The van der Waals surface area contributed by atoms with Crippen molar-refractivity contribution in [2.45, 2.75) is 272 Å². The van der Waals surface area contributed by atoms with Crippen molar-refractivity contribution in [1.82, 2.24) is 84.7 Å². The van der Waals surface area contributed by atoms with E-state index in [1.54, 1.807) is 72.9 Å². The number of aryl methyl sites for hydroxylation is 1. The first-order valence-electron chi connectivity index (χ1n) is 45.0. The number of rotatable bonds is 47. The molecule has 0 spiro atoms. The average Bonchev–Trinajstić information content (AvgIpc) is 1.28. The normalized spacial score (nSPS) is 19.0. The zero-order chi connectivity index (χ0) is 101. The van der Waals surface area contributed by atoms with Gasteiger partial charge in [0.15, 0.2) is 0 Å². The predicted molar refractivity (Wildman–Crippen MR) is 512 cm³/mol. The molecule has 0 bridgehead atoms. The highest BCUT2D eigenvalue weighted by molar-refractivity contribution is 8.77. The standard InChI is InChI=1S/C91H135N23O20S2/c1-49-22-20-25-59-57(48-101-70(49)59)45-65-78(124)103-61(28-21-40-100-87(98)133)76(122)112-73(90(9,10)136-135-89(7,8)72(102-52(4)117)83(129)108-66(46-68(95)118)79(125)111-71(50(2)115)82(128)106-65)84(130)107-63(43-53-30-33-58(34-31-53)134-41-38-94)77(123)104-64(44-54-29-32-55-23-12-13-24-56(55)42-54)81(127)114-91(11,35-16-18-37-93)86(132)110-62(27-15-19-39-99-51(3)116)75(121)105-67(47-69(96)119)80(126)113-88(5,6)85(131)109-60(74(97)120)26-14-17-36-92/h12-13,20,22-25,29-34,42,48,50,60-67,71-73,101,115H,14-19,21,26-28,35-41,43-47,92-94H2,1-11H3,(H2,95,118)(H2,96,119)(H2,97,120)(H,99,116)(H,102,117)(H,103,124)(H,104,123)(H,105,121)(H,106,128)(H,107,130)(H,108,129)(H,109,131)(H,110,132)(H,111,125)(H,112,122)(H,113,126)(H,114,127)(H3,98,100,133)/t50-,60-,61+,62+,63+,64+,65+,66+,67+,71+,72-,73-,91+/m1/s1. The van der Waals surface area contributed by atoms with E-state index in [0.717, 1.165) is 46.4 Å². The van der Waals surface area contributed by atoms with E-state index in [1.165, 1.54) is 55.4 Å². The number of carbonyl (C=O) groups is 18. The van der Waals surface area contributed by atoms with Crippen LogP contribution in [-0.2, 0) is 101 Å². The van der Waals surface area contributed by atoms with Gasteiger partial charge >= 0.3 is 6.03 Å². The van der Waals surface area contributed by atoms with E-state index < -0.39 is 213 Å². The molecule has 1 fully saturated rings. The second-order valence-corrected chi connectivity index (χ2v) is 39.0. The molecule has 1 aliphatic rings. The van der Waals surface area contributed by atoms with E-state index in [-0.39, 0.29) is 109 Å². The third-order valence-corrected chi connectivity index (χ3v) is 26.9. The number of hydrogen-bond donors (Lipinski definition) is 24. The lowest BCUT2D eigenvalue weighted by Gasteiger charge is -2.39. The van der Waals surface area contributed by atoms with E-state index in [9.17, 15) is 62.6 Å². The summed E-state index contributed by atoms with van der Waals surface area (Å²) in [5.74, 6) is -16.8. The minimum absolute atomic E-state index is 0.0942. The molecule has 4 aromatic carbocycles. The van der Waals surface area contributed by atoms with Gasteiger partial charge in [-0.05, 0) is 191 Å². The summed E-state index contributed by atoms with van der Waals surface area (Å²) in [5.41, 5.74) is 38.7. The summed E-state index contributed by atoms with van der Waals surface area (Å²) >= 11 is 0. The minimum Gasteiger partial charge on any atom is -0.492 e. The number of para-hydroxylation sites is 1. The summed E-state index contributed by atoms with van der Waals surface area (Å²) in [6.45, 7) is 15.8. The lowest BCUT2D eigenvalue weighted by molar-refractivity contribution is -0.139. The fourth-order valence-corrected chi connectivity index (χ4v) is 17.8. The van der Waals surface area contributed by atoms with E-state index in [0.29, 0.717) is 58.1 Å². The number of urea groups is 1. The van der Waals surface area contributed by atoms with Crippen molar-refractivity contribution < 1.29 is 96.1 Å². The number of hydrogen-bond acceptors (Lipinski definition) is 25. The zero-order valence-electron chi connectivity index (χ0n) is 78.7. The average molecular weight is 1940 g/mol. The van der Waals surface area contributed by atoms with Gasteiger partial charge in [0.05, 0.1) is 18.9 Å². The van der Waals surface area contributed by atoms with Crippen LogP contribution in [0.3, 0.4) is 0 Å². The Labute approximate surface area is 797 Å². The van der Waals surface area contributed by atoms with E-state index in [2.05, 4.69) is 84.7 Å². The molecule has 1 saturated heterocycles. The van der Waals surface area contributed by atoms with Gasteiger partial charge in [0.2, 0.25) is 100 Å². The number of ether oxygens (including phenoxy) is 1. The van der Waals surface area contributed by atoms with Crippen LogP contribution < -0.4 is 125 Å². The van der Waals surface area contributed by atoms with Crippen LogP contribution in [-0.4, -0.2) is 249 Å². The van der Waals surface area contributed by atoms with Crippen molar-refractivity contribution in [3.05, 3.63) is 113 Å². The first-order valence-corrected chi connectivity index (χ1v) is 47.2. The fourth-order valence-electron chi connectivity index (χ4n) is 14.9. The number of nitrogens with one attached hydrogen (secondary N) is 16. The Kier molecular flexibility index (Phi) is 43.6. The molecule has 0 aliphatic carbocycles. The molecule has 6 rings (SSSR count). The zero-order valence-corrected chi connectivity index (χ0v) is 80.3. The summed E-state index contributed by atoms with van der Waals surface area (Å²) in [6, 6.07) is 4.13. The third-order valence-electron chi connectivity index (χ3n) is 22.6. The smallest absolute Gasteiger partial charge is 0.312 e. The van der Waals surface area contributed by atoms with Crippen LogP contribution in [0.2, 0.25) is 0 Å². The first-order chi connectivity index (χ1) is 64.0. The van der Waals surface area contributed by atoms with Gasteiger partial charge in [-0.25, -0.2) is 4.79 Å². The third kappa shape index (κ3) is 35.2. The molecule has 136 heavy (non-hydrogen) atoms. The first kappa shape index (κ1) is 112. The van der Waals surface area contributed by atoms with Crippen molar-refractivity contribution in [1.29, 1.82) is 0 Å². The van der Waals surface area contributed by atoms with Gasteiger partial charge in [-0.2, -0.15) is 0 Å². The van der Waals surface area contributed by atoms with Crippen molar-refractivity contribution in [3.8, 4) is 5.75 Å². The number of aliphatic hydroxyl groups is 1. The number of fused-ring (bicyclic) bond motifs is 2. The molecule has 43 nitrogen and oxygen atoms in total. The number of H-pyrrole nitrogens is 1. The Morgan fingerprint density at radius 3 is 1.74 bits per heavy atom. The molecule has 45 heteroatoms. The van der Waals surface area contributed by atoms with Crippen LogP contribution >= 0.6 is 21.6 Å². The fraction of sp³-hybridized carbons (Fsp3) is 0.538. The molecule has 19 amide bonds. The Bertz CT molecular complexity index is 5070. The largest absolute Gasteiger partial charge is 0.492 e. The molecule has 2 heterocycles. The maximum atomic E-state index is 16.4. The van der Waals surface area contributed by atoms with Crippen molar-refractivity contribution in [2.75, 3.05) is 39.3 Å².